The number of aromatic carboxylic acids is 1. The molecule has 0 saturated carbocycles. The number of hydrogen-bond donors (Lipinski definition) is 2. The first-order chi connectivity index (χ1) is 11.6. The Morgan fingerprint density at radius 1 is 1.32 bits per heavy atom. The molecule has 3 fully saturated rings. The molecule has 128 valence electrons. The molecule has 8 heteroatoms. The van der Waals surface area contributed by atoms with E-state index < -0.39 is 5.97 Å². The second-order valence-electron chi connectivity index (χ2n) is 6.77. The van der Waals surface area contributed by atoms with Crippen LogP contribution in [0.3, 0.4) is 0 Å². The van der Waals surface area contributed by atoms with Gasteiger partial charge in [0.05, 0.1) is 17.0 Å². The Labute approximate surface area is 157 Å². The molecule has 25 heavy (non-hydrogen) atoms. The number of carbonyl (C=O) groups is 1. The smallest absolute Gasteiger partial charge is 0.545 e. The van der Waals surface area contributed by atoms with E-state index in [0.29, 0.717) is 36.1 Å². The Morgan fingerprint density at radius 2 is 2.08 bits per heavy atom. The summed E-state index contributed by atoms with van der Waals surface area (Å²) < 4.78 is 1.49. The monoisotopic (exact) mass is 336 g/mol. The van der Waals surface area contributed by atoms with Crippen molar-refractivity contribution in [3.8, 4) is 0 Å². The number of imidazole rings is 1. The van der Waals surface area contributed by atoms with E-state index in [-0.39, 0.29) is 30.1 Å². The summed E-state index contributed by atoms with van der Waals surface area (Å²) in [5.41, 5.74) is 0.714. The van der Waals surface area contributed by atoms with Crippen LogP contribution in [0.15, 0.2) is 23.0 Å². The van der Waals surface area contributed by atoms with Gasteiger partial charge in [0.15, 0.2) is 0 Å². The third kappa shape index (κ3) is 3.42. The molecular weight excluding hydrogens is 315 g/mol. The molecule has 2 bridgehead atoms. The van der Waals surface area contributed by atoms with Gasteiger partial charge in [-0.2, -0.15) is 0 Å². The SMILES string of the molecule is O=C([O-])c1cccc2[nH]c(=O)n(CCN[C@@H]3CN4CCC3CC4)c12.[Li+]. The van der Waals surface area contributed by atoms with Crippen LogP contribution in [0, 0.1) is 5.92 Å². The number of aromatic nitrogens is 2. The molecule has 0 amide bonds. The predicted molar refractivity (Wildman–Crippen MR) is 87.8 cm³/mol. The minimum absolute atomic E-state index is 0. The molecule has 2 N–H and O–H groups in total. The molecule has 1 aromatic carbocycles. The first-order valence-electron chi connectivity index (χ1n) is 8.52. The van der Waals surface area contributed by atoms with E-state index in [1.165, 1.54) is 36.6 Å². The average Bonchev–Trinajstić information content (AvgIpc) is 2.91. The van der Waals surface area contributed by atoms with Crippen molar-refractivity contribution in [2.75, 3.05) is 26.2 Å². The van der Waals surface area contributed by atoms with Gasteiger partial charge in [-0.15, -0.1) is 0 Å². The standard InChI is InChI=1S/C17H22N4O3.Li/c22-16(23)12-2-1-3-13-15(12)21(17(24)19-13)9-6-18-14-10-20-7-4-11(14)5-8-20;/h1-3,11,14,18H,4-10H2,(H,19,24)(H,22,23);/q;+1/p-1/t14-;/m1./s1. The van der Waals surface area contributed by atoms with Crippen molar-refractivity contribution in [2.24, 2.45) is 5.92 Å². The van der Waals surface area contributed by atoms with Crippen LogP contribution in [-0.4, -0.2) is 52.6 Å². The van der Waals surface area contributed by atoms with Crippen LogP contribution in [0.1, 0.15) is 23.2 Å². The number of piperidine rings is 3. The van der Waals surface area contributed by atoms with E-state index in [1.807, 2.05) is 0 Å². The van der Waals surface area contributed by atoms with Gasteiger partial charge in [-0.3, -0.25) is 4.57 Å². The third-order valence-electron chi connectivity index (χ3n) is 5.41. The van der Waals surface area contributed by atoms with Crippen molar-refractivity contribution in [3.63, 3.8) is 0 Å². The molecule has 0 spiro atoms. The Kier molecular flexibility index (Phi) is 5.40. The molecule has 0 aliphatic carbocycles. The zero-order valence-electron chi connectivity index (χ0n) is 14.5. The summed E-state index contributed by atoms with van der Waals surface area (Å²) in [6.45, 7) is 4.53. The minimum Gasteiger partial charge on any atom is -0.545 e. The van der Waals surface area contributed by atoms with Crippen LogP contribution in [-0.2, 0) is 6.54 Å². The number of nitrogens with one attached hydrogen (secondary N) is 2. The summed E-state index contributed by atoms with van der Waals surface area (Å²) in [4.78, 5) is 28.7. The molecule has 7 nitrogen and oxygen atoms in total. The molecule has 0 radical (unpaired) electrons. The summed E-state index contributed by atoms with van der Waals surface area (Å²) in [6.07, 6.45) is 2.47. The maximum absolute atomic E-state index is 12.2. The van der Waals surface area contributed by atoms with Gasteiger partial charge in [0.1, 0.15) is 0 Å². The predicted octanol–water partition coefficient (Wildman–Crippen LogP) is -3.62. The van der Waals surface area contributed by atoms with Gasteiger partial charge in [-0.05, 0) is 37.9 Å². The quantitative estimate of drug-likeness (QED) is 0.550. The molecule has 3 aliphatic rings. The summed E-state index contributed by atoms with van der Waals surface area (Å²) in [6, 6.07) is 5.26. The van der Waals surface area contributed by atoms with Gasteiger partial charge in [0.25, 0.3) is 0 Å². The summed E-state index contributed by atoms with van der Waals surface area (Å²) in [5, 5.41) is 14.9. The molecule has 0 unspecified atom stereocenters. The van der Waals surface area contributed by atoms with Gasteiger partial charge in [0, 0.05) is 31.2 Å². The Balaban J connectivity index is 0.00000182. The Morgan fingerprint density at radius 3 is 2.72 bits per heavy atom. The van der Waals surface area contributed by atoms with Crippen molar-refractivity contribution < 1.29 is 28.8 Å². The third-order valence-corrected chi connectivity index (χ3v) is 5.41. The number of fused-ring (bicyclic) bond motifs is 4. The topological polar surface area (TPSA) is 93.2 Å². The second kappa shape index (κ2) is 7.38. The number of para-hydroxylation sites is 1. The van der Waals surface area contributed by atoms with Gasteiger partial charge >= 0.3 is 24.6 Å². The van der Waals surface area contributed by atoms with Gasteiger partial charge < -0.3 is 25.1 Å². The first-order valence-corrected chi connectivity index (χ1v) is 8.52. The molecule has 5 rings (SSSR count). The fourth-order valence-corrected chi connectivity index (χ4v) is 4.16. The van der Waals surface area contributed by atoms with E-state index in [1.54, 1.807) is 12.1 Å². The van der Waals surface area contributed by atoms with E-state index in [4.69, 9.17) is 0 Å². The maximum Gasteiger partial charge on any atom is 1.00 e. The van der Waals surface area contributed by atoms with Gasteiger partial charge in [-0.1, -0.05) is 12.1 Å². The Bertz CT molecular complexity index is 823. The van der Waals surface area contributed by atoms with Crippen molar-refractivity contribution in [1.29, 1.82) is 0 Å². The molecule has 3 saturated heterocycles. The number of hydrogen-bond acceptors (Lipinski definition) is 5. The zero-order chi connectivity index (χ0) is 16.7. The second-order valence-corrected chi connectivity index (χ2v) is 6.77. The molecule has 3 aliphatic heterocycles. The summed E-state index contributed by atoms with van der Waals surface area (Å²) >= 11 is 0. The van der Waals surface area contributed by atoms with Crippen LogP contribution < -0.4 is 35.0 Å². The Hall–Kier alpha value is -1.52. The number of nitrogens with zero attached hydrogens (tertiary/aromatic N) is 2. The van der Waals surface area contributed by atoms with E-state index in [9.17, 15) is 14.7 Å². The largest absolute Gasteiger partial charge is 1.00 e. The van der Waals surface area contributed by atoms with Gasteiger partial charge in [-0.25, -0.2) is 4.79 Å². The first kappa shape index (κ1) is 18.3. The number of carbonyl (C=O) groups excluding carboxylic acids is 1. The number of benzene rings is 1. The van der Waals surface area contributed by atoms with Crippen LogP contribution in [0.25, 0.3) is 11.0 Å². The number of carboxylic acid groups (broad SMARTS) is 1. The fourth-order valence-electron chi connectivity index (χ4n) is 4.16. The number of rotatable bonds is 5. The van der Waals surface area contributed by atoms with E-state index >= 15 is 0 Å². The zero-order valence-corrected chi connectivity index (χ0v) is 14.5. The maximum atomic E-state index is 12.2. The van der Waals surface area contributed by atoms with Crippen molar-refractivity contribution in [2.45, 2.75) is 25.4 Å². The minimum atomic E-state index is -1.27. The number of aromatic amines is 1. The normalized spacial score (nSPS) is 25.0. The summed E-state index contributed by atoms with van der Waals surface area (Å²) in [5.74, 6) is -0.549. The van der Waals surface area contributed by atoms with Crippen LogP contribution >= 0.6 is 0 Å². The van der Waals surface area contributed by atoms with Crippen molar-refractivity contribution >= 4 is 17.0 Å². The van der Waals surface area contributed by atoms with Crippen LogP contribution in [0.5, 0.6) is 0 Å². The number of carboxylic acids is 1. The van der Waals surface area contributed by atoms with Crippen LogP contribution in [0.4, 0.5) is 0 Å². The van der Waals surface area contributed by atoms with E-state index in [2.05, 4.69) is 15.2 Å². The molecule has 1 atom stereocenters. The summed E-state index contributed by atoms with van der Waals surface area (Å²) in [7, 11) is 0. The van der Waals surface area contributed by atoms with E-state index in [0.717, 1.165) is 6.54 Å². The van der Waals surface area contributed by atoms with Gasteiger partial charge in [0.2, 0.25) is 0 Å². The molecule has 2 aromatic rings. The molecule has 1 aromatic heterocycles. The average molecular weight is 336 g/mol. The van der Waals surface area contributed by atoms with Crippen molar-refractivity contribution in [1.82, 2.24) is 19.8 Å². The number of H-pyrrole nitrogens is 1. The molecular formula is C17H21LiN4O3. The van der Waals surface area contributed by atoms with Crippen LogP contribution in [0.2, 0.25) is 0 Å². The molecule has 4 heterocycles. The fraction of sp³-hybridized carbons (Fsp3) is 0.529. The van der Waals surface area contributed by atoms with Crippen molar-refractivity contribution in [3.05, 3.63) is 34.2 Å².